The first-order valence-corrected chi connectivity index (χ1v) is 7.24. The van der Waals surface area contributed by atoms with E-state index in [9.17, 15) is 4.39 Å². The van der Waals surface area contributed by atoms with Gasteiger partial charge in [0.15, 0.2) is 0 Å². The van der Waals surface area contributed by atoms with E-state index in [-0.39, 0.29) is 10.8 Å². The number of nitrogens with one attached hydrogen (secondary N) is 1. The van der Waals surface area contributed by atoms with E-state index in [1.54, 1.807) is 17.8 Å². The minimum atomic E-state index is -0.355. The molecule has 0 saturated heterocycles. The second-order valence-corrected chi connectivity index (χ2v) is 5.17. The second-order valence-electron chi connectivity index (χ2n) is 3.88. The molecule has 2 aromatic rings. The second kappa shape index (κ2) is 6.04. The predicted octanol–water partition coefficient (Wildman–Crippen LogP) is 3.93. The van der Waals surface area contributed by atoms with Crippen LogP contribution >= 0.6 is 24.0 Å². The van der Waals surface area contributed by atoms with Crippen LogP contribution in [0.4, 0.5) is 15.8 Å². The first-order valence-electron chi connectivity index (χ1n) is 5.61. The highest BCUT2D eigenvalue weighted by atomic mass is 32.2. The Bertz CT molecular complexity index is 614. The highest BCUT2D eigenvalue weighted by molar-refractivity contribution is 7.98. The number of para-hydroxylation sites is 1. The van der Waals surface area contributed by atoms with E-state index < -0.39 is 0 Å². The van der Waals surface area contributed by atoms with Crippen molar-refractivity contribution >= 4 is 40.3 Å². The summed E-state index contributed by atoms with van der Waals surface area (Å²) in [6.45, 7) is 0. The number of anilines is 2. The summed E-state index contributed by atoms with van der Waals surface area (Å²) in [5.74, 6) is -0.355. The molecule has 3 N–H and O–H groups in total. The Morgan fingerprint density at radius 3 is 2.63 bits per heavy atom. The van der Waals surface area contributed by atoms with E-state index in [2.05, 4.69) is 5.32 Å². The van der Waals surface area contributed by atoms with Gasteiger partial charge in [0, 0.05) is 16.1 Å². The molecule has 2 nitrogen and oxygen atoms in total. The van der Waals surface area contributed by atoms with Crippen molar-refractivity contribution in [1.82, 2.24) is 0 Å². The third-order valence-electron chi connectivity index (χ3n) is 2.62. The number of halogens is 1. The Labute approximate surface area is 121 Å². The van der Waals surface area contributed by atoms with E-state index in [0.717, 1.165) is 10.6 Å². The highest BCUT2D eigenvalue weighted by Crippen LogP contribution is 2.29. The fraction of sp³-hybridized carbons (Fsp3) is 0.0714. The zero-order valence-corrected chi connectivity index (χ0v) is 11.9. The van der Waals surface area contributed by atoms with Crippen LogP contribution in [0.2, 0.25) is 0 Å². The maximum absolute atomic E-state index is 13.2. The third-order valence-corrected chi connectivity index (χ3v) is 3.64. The van der Waals surface area contributed by atoms with Gasteiger partial charge in [-0.2, -0.15) is 0 Å². The number of hydrogen-bond donors (Lipinski definition) is 2. The monoisotopic (exact) mass is 292 g/mol. The van der Waals surface area contributed by atoms with Crippen molar-refractivity contribution in [3.63, 3.8) is 0 Å². The molecule has 19 heavy (non-hydrogen) atoms. The molecule has 0 aliphatic rings. The van der Waals surface area contributed by atoms with Gasteiger partial charge in [0.2, 0.25) is 0 Å². The molecule has 0 aliphatic carbocycles. The average molecular weight is 292 g/mol. The van der Waals surface area contributed by atoms with E-state index in [4.69, 9.17) is 18.0 Å². The van der Waals surface area contributed by atoms with Gasteiger partial charge in [-0.05, 0) is 36.6 Å². The summed E-state index contributed by atoms with van der Waals surface area (Å²) in [6, 6.07) is 12.2. The molecule has 5 heteroatoms. The molecule has 0 aliphatic heterocycles. The summed E-state index contributed by atoms with van der Waals surface area (Å²) in [5, 5.41) is 3.25. The fourth-order valence-corrected chi connectivity index (χ4v) is 2.44. The molecule has 0 amide bonds. The molecule has 0 unspecified atom stereocenters. The molecule has 0 radical (unpaired) electrons. The summed E-state index contributed by atoms with van der Waals surface area (Å²) < 4.78 is 13.2. The molecule has 98 valence electrons. The van der Waals surface area contributed by atoms with Crippen molar-refractivity contribution in [3.8, 4) is 0 Å². The van der Waals surface area contributed by atoms with Crippen molar-refractivity contribution in [2.24, 2.45) is 5.73 Å². The standard InChI is InChI=1S/C14H13FN2S2/c1-19-13-5-3-2-4-12(13)17-11-7-6-9(15)8-10(11)14(16)18/h2-8,17H,1H3,(H2,16,18). The third kappa shape index (κ3) is 3.24. The summed E-state index contributed by atoms with van der Waals surface area (Å²) in [7, 11) is 0. The van der Waals surface area contributed by atoms with Gasteiger partial charge >= 0.3 is 0 Å². The molecule has 0 fully saturated rings. The van der Waals surface area contributed by atoms with Crippen molar-refractivity contribution in [3.05, 3.63) is 53.8 Å². The Hall–Kier alpha value is -1.59. The van der Waals surface area contributed by atoms with Gasteiger partial charge in [0.1, 0.15) is 10.8 Å². The summed E-state index contributed by atoms with van der Waals surface area (Å²) in [6.07, 6.45) is 2.00. The summed E-state index contributed by atoms with van der Waals surface area (Å²) in [5.41, 5.74) is 7.78. The lowest BCUT2D eigenvalue weighted by atomic mass is 10.1. The van der Waals surface area contributed by atoms with Crippen LogP contribution in [0.5, 0.6) is 0 Å². The minimum Gasteiger partial charge on any atom is -0.389 e. The Morgan fingerprint density at radius 1 is 1.21 bits per heavy atom. The van der Waals surface area contributed by atoms with Crippen molar-refractivity contribution in [2.75, 3.05) is 11.6 Å². The molecule has 0 aromatic heterocycles. The first kappa shape index (κ1) is 13.8. The topological polar surface area (TPSA) is 38.0 Å². The number of rotatable bonds is 4. The van der Waals surface area contributed by atoms with Crippen LogP contribution in [0.25, 0.3) is 0 Å². The van der Waals surface area contributed by atoms with Gasteiger partial charge in [0.25, 0.3) is 0 Å². The Morgan fingerprint density at radius 2 is 1.95 bits per heavy atom. The number of hydrogen-bond acceptors (Lipinski definition) is 3. The molecule has 0 spiro atoms. The molecular formula is C14H13FN2S2. The molecule has 2 rings (SSSR count). The quantitative estimate of drug-likeness (QED) is 0.661. The zero-order chi connectivity index (χ0) is 13.8. The molecule has 0 bridgehead atoms. The summed E-state index contributed by atoms with van der Waals surface area (Å²) in [4.78, 5) is 1.27. The lowest BCUT2D eigenvalue weighted by molar-refractivity contribution is 0.628. The van der Waals surface area contributed by atoms with Crippen LogP contribution in [0.3, 0.4) is 0 Å². The van der Waals surface area contributed by atoms with E-state index in [0.29, 0.717) is 11.3 Å². The van der Waals surface area contributed by atoms with Gasteiger partial charge in [-0.15, -0.1) is 11.8 Å². The summed E-state index contributed by atoms with van der Waals surface area (Å²) >= 11 is 6.58. The Kier molecular flexibility index (Phi) is 4.39. The maximum Gasteiger partial charge on any atom is 0.124 e. The van der Waals surface area contributed by atoms with Gasteiger partial charge < -0.3 is 11.1 Å². The SMILES string of the molecule is CSc1ccccc1Nc1ccc(F)cc1C(N)=S. The highest BCUT2D eigenvalue weighted by Gasteiger charge is 2.08. The number of benzene rings is 2. The largest absolute Gasteiger partial charge is 0.389 e. The maximum atomic E-state index is 13.2. The first-order chi connectivity index (χ1) is 9.11. The minimum absolute atomic E-state index is 0.170. The average Bonchev–Trinajstić information content (AvgIpc) is 2.41. The lowest BCUT2D eigenvalue weighted by Gasteiger charge is -2.13. The normalized spacial score (nSPS) is 10.2. The van der Waals surface area contributed by atoms with Gasteiger partial charge in [-0.3, -0.25) is 0 Å². The predicted molar refractivity (Wildman–Crippen MR) is 83.8 cm³/mol. The smallest absolute Gasteiger partial charge is 0.124 e. The van der Waals surface area contributed by atoms with Gasteiger partial charge in [-0.25, -0.2) is 4.39 Å². The van der Waals surface area contributed by atoms with Crippen LogP contribution in [-0.4, -0.2) is 11.2 Å². The number of nitrogens with two attached hydrogens (primary N) is 1. The van der Waals surface area contributed by atoms with Crippen molar-refractivity contribution < 1.29 is 4.39 Å². The van der Waals surface area contributed by atoms with Crippen LogP contribution < -0.4 is 11.1 Å². The van der Waals surface area contributed by atoms with Crippen LogP contribution in [0.1, 0.15) is 5.56 Å². The van der Waals surface area contributed by atoms with E-state index in [1.807, 2.05) is 30.5 Å². The van der Waals surface area contributed by atoms with Gasteiger partial charge in [0.05, 0.1) is 5.69 Å². The van der Waals surface area contributed by atoms with E-state index in [1.165, 1.54) is 12.1 Å². The van der Waals surface area contributed by atoms with Gasteiger partial charge in [-0.1, -0.05) is 24.4 Å². The molecule has 0 atom stereocenters. The molecule has 0 heterocycles. The van der Waals surface area contributed by atoms with Crippen LogP contribution in [0.15, 0.2) is 47.4 Å². The van der Waals surface area contributed by atoms with Crippen LogP contribution in [0, 0.1) is 5.82 Å². The number of thiocarbonyl (C=S) groups is 1. The molecular weight excluding hydrogens is 279 g/mol. The zero-order valence-electron chi connectivity index (χ0n) is 10.3. The Balaban J connectivity index is 2.41. The molecule has 0 saturated carbocycles. The molecule has 2 aromatic carbocycles. The van der Waals surface area contributed by atoms with Crippen molar-refractivity contribution in [1.29, 1.82) is 0 Å². The van der Waals surface area contributed by atoms with Crippen LogP contribution in [-0.2, 0) is 0 Å². The fourth-order valence-electron chi connectivity index (χ4n) is 1.72. The lowest BCUT2D eigenvalue weighted by Crippen LogP contribution is -2.12. The van der Waals surface area contributed by atoms with E-state index >= 15 is 0 Å². The van der Waals surface area contributed by atoms with Crippen molar-refractivity contribution in [2.45, 2.75) is 4.90 Å². The number of thioether (sulfide) groups is 1.